The highest BCUT2D eigenvalue weighted by atomic mass is 32.2. The molecule has 25 heavy (non-hydrogen) atoms. The predicted octanol–water partition coefficient (Wildman–Crippen LogP) is 1.14. The maximum absolute atomic E-state index is 12.1. The molecule has 0 saturated carbocycles. The van der Waals surface area contributed by atoms with Gasteiger partial charge in [0.05, 0.1) is 27.4 Å². The Labute approximate surface area is 149 Å². The summed E-state index contributed by atoms with van der Waals surface area (Å²) < 4.78 is 10.5. The van der Waals surface area contributed by atoms with Crippen molar-refractivity contribution in [1.82, 2.24) is 5.01 Å². The molecule has 0 fully saturated rings. The normalized spacial score (nSPS) is 18.8. The molecule has 132 valence electrons. The number of nitrogens with zero attached hydrogens (tertiary/aromatic N) is 4. The van der Waals surface area contributed by atoms with E-state index in [0.717, 1.165) is 5.56 Å². The van der Waals surface area contributed by atoms with Crippen molar-refractivity contribution < 1.29 is 19.4 Å². The first-order valence-electron chi connectivity index (χ1n) is 7.63. The lowest BCUT2D eigenvalue weighted by atomic mass is 10.1. The largest absolute Gasteiger partial charge is 0.497 e. The molecule has 0 spiro atoms. The number of carbonyl (C=O) groups excluding carboxylic acids is 1. The highest BCUT2D eigenvalue weighted by Crippen LogP contribution is 2.27. The number of amides is 1. The molecular weight excluding hydrogens is 344 g/mol. The Kier molecular flexibility index (Phi) is 5.34. The van der Waals surface area contributed by atoms with Crippen LogP contribution in [-0.4, -0.2) is 60.6 Å². The number of methoxy groups -OCH3 is 2. The number of amidine groups is 2. The van der Waals surface area contributed by atoms with Crippen molar-refractivity contribution in [2.75, 3.05) is 27.4 Å². The average molecular weight is 362 g/mol. The molecule has 1 amide bonds. The number of carbonyl (C=O) groups is 1. The summed E-state index contributed by atoms with van der Waals surface area (Å²) in [6.45, 7) is 0.227. The van der Waals surface area contributed by atoms with Crippen LogP contribution in [0.4, 0.5) is 0 Å². The van der Waals surface area contributed by atoms with Gasteiger partial charge in [-0.2, -0.15) is 10.1 Å². The first-order valence-corrected chi connectivity index (χ1v) is 8.61. The quantitative estimate of drug-likeness (QED) is 0.815. The minimum atomic E-state index is -0.548. The van der Waals surface area contributed by atoms with Crippen LogP contribution >= 0.6 is 11.8 Å². The third-order valence-corrected chi connectivity index (χ3v) is 4.59. The molecule has 0 saturated heterocycles. The Balaban J connectivity index is 1.73. The lowest BCUT2D eigenvalue weighted by Crippen LogP contribution is -2.35. The number of rotatable bonds is 6. The molecule has 9 heteroatoms. The van der Waals surface area contributed by atoms with Gasteiger partial charge < -0.3 is 14.6 Å². The second-order valence-corrected chi connectivity index (χ2v) is 6.24. The molecule has 2 aliphatic heterocycles. The van der Waals surface area contributed by atoms with E-state index >= 15 is 0 Å². The number of thioether (sulfide) groups is 1. The van der Waals surface area contributed by atoms with Crippen molar-refractivity contribution in [1.29, 1.82) is 0 Å². The van der Waals surface area contributed by atoms with Gasteiger partial charge in [-0.3, -0.25) is 4.79 Å². The number of benzene rings is 1. The van der Waals surface area contributed by atoms with Crippen molar-refractivity contribution in [2.24, 2.45) is 21.0 Å². The van der Waals surface area contributed by atoms with Crippen LogP contribution in [0.5, 0.6) is 11.5 Å². The van der Waals surface area contributed by atoms with Gasteiger partial charge in [0.2, 0.25) is 0 Å². The smallest absolute Gasteiger partial charge is 0.264 e. The van der Waals surface area contributed by atoms with E-state index in [0.29, 0.717) is 34.8 Å². The lowest BCUT2D eigenvalue weighted by molar-refractivity contribution is -0.118. The third-order valence-electron chi connectivity index (χ3n) is 3.67. The molecule has 0 radical (unpaired) electrons. The average Bonchev–Trinajstić information content (AvgIpc) is 3.03. The Morgan fingerprint density at radius 2 is 1.92 bits per heavy atom. The fraction of sp³-hybridized carbons (Fsp3) is 0.375. The molecular formula is C16H18N4O4S. The van der Waals surface area contributed by atoms with Crippen LogP contribution < -0.4 is 9.47 Å². The summed E-state index contributed by atoms with van der Waals surface area (Å²) in [6.07, 6.45) is 1.51. The molecule has 8 nitrogen and oxygen atoms in total. The molecule has 1 aromatic rings. The van der Waals surface area contributed by atoms with E-state index in [1.165, 1.54) is 23.0 Å². The summed E-state index contributed by atoms with van der Waals surface area (Å²) >= 11 is 1.35. The molecule has 1 N–H and O–H groups in total. The molecule has 0 aliphatic carbocycles. The molecule has 2 heterocycles. The van der Waals surface area contributed by atoms with Gasteiger partial charge in [-0.25, -0.2) is 10.0 Å². The SMILES string of the molecule is COc1cc(CSC2=NC(=O)C3C=NN(CCO)C3=N2)cc(OC)c1. The van der Waals surface area contributed by atoms with Crippen LogP contribution in [0.25, 0.3) is 0 Å². The van der Waals surface area contributed by atoms with Crippen molar-refractivity contribution in [3.8, 4) is 11.5 Å². The zero-order valence-electron chi connectivity index (χ0n) is 13.9. The van der Waals surface area contributed by atoms with Crippen LogP contribution in [0.15, 0.2) is 33.3 Å². The van der Waals surface area contributed by atoms with E-state index in [1.54, 1.807) is 20.3 Å². The van der Waals surface area contributed by atoms with Gasteiger partial charge in [0.1, 0.15) is 23.3 Å². The fourth-order valence-electron chi connectivity index (χ4n) is 2.45. The summed E-state index contributed by atoms with van der Waals surface area (Å²) in [5.41, 5.74) is 0.966. The molecule has 1 aromatic carbocycles. The molecule has 1 unspecified atom stereocenters. The number of hydrazone groups is 1. The molecule has 0 bridgehead atoms. The van der Waals surface area contributed by atoms with Gasteiger partial charge >= 0.3 is 0 Å². The van der Waals surface area contributed by atoms with E-state index in [1.807, 2.05) is 12.1 Å². The maximum atomic E-state index is 12.1. The van der Waals surface area contributed by atoms with Crippen molar-refractivity contribution in [3.63, 3.8) is 0 Å². The monoisotopic (exact) mass is 362 g/mol. The van der Waals surface area contributed by atoms with Gasteiger partial charge in [0.15, 0.2) is 5.17 Å². The maximum Gasteiger partial charge on any atom is 0.264 e. The summed E-state index contributed by atoms with van der Waals surface area (Å²) in [6, 6.07) is 5.59. The number of hydrogen-bond donors (Lipinski definition) is 1. The number of β-amino-alcohol motifs (C(OH)–C–C–N with tert-alkyl or cyclic N) is 1. The summed E-state index contributed by atoms with van der Waals surface area (Å²) in [5.74, 6) is 1.62. The summed E-state index contributed by atoms with van der Waals surface area (Å²) in [4.78, 5) is 20.6. The summed E-state index contributed by atoms with van der Waals surface area (Å²) in [7, 11) is 3.19. The van der Waals surface area contributed by atoms with Crippen LogP contribution in [0.3, 0.4) is 0 Å². The first-order chi connectivity index (χ1) is 12.1. The Morgan fingerprint density at radius 3 is 2.56 bits per heavy atom. The van der Waals surface area contributed by atoms with E-state index in [-0.39, 0.29) is 12.5 Å². The predicted molar refractivity (Wildman–Crippen MR) is 96.5 cm³/mol. The second-order valence-electron chi connectivity index (χ2n) is 5.30. The number of fused-ring (bicyclic) bond motifs is 1. The zero-order chi connectivity index (χ0) is 17.8. The second kappa shape index (κ2) is 7.66. The van der Waals surface area contributed by atoms with E-state index in [2.05, 4.69) is 15.1 Å². The van der Waals surface area contributed by atoms with Crippen LogP contribution in [0.1, 0.15) is 5.56 Å². The van der Waals surface area contributed by atoms with E-state index in [9.17, 15) is 4.79 Å². The van der Waals surface area contributed by atoms with Crippen LogP contribution in [0.2, 0.25) is 0 Å². The number of hydrogen-bond acceptors (Lipinski definition) is 8. The highest BCUT2D eigenvalue weighted by Gasteiger charge is 2.35. The van der Waals surface area contributed by atoms with Gasteiger partial charge in [-0.15, -0.1) is 0 Å². The van der Waals surface area contributed by atoms with Gasteiger partial charge in [0, 0.05) is 18.0 Å². The van der Waals surface area contributed by atoms with Gasteiger partial charge in [-0.1, -0.05) is 11.8 Å². The number of aliphatic hydroxyl groups is 1. The van der Waals surface area contributed by atoms with Crippen LogP contribution in [0, 0.1) is 5.92 Å². The minimum Gasteiger partial charge on any atom is -0.497 e. The lowest BCUT2D eigenvalue weighted by Gasteiger charge is -2.19. The van der Waals surface area contributed by atoms with Crippen molar-refractivity contribution >= 4 is 34.9 Å². The van der Waals surface area contributed by atoms with Crippen molar-refractivity contribution in [2.45, 2.75) is 5.75 Å². The van der Waals surface area contributed by atoms with Crippen molar-refractivity contribution in [3.05, 3.63) is 23.8 Å². The minimum absolute atomic E-state index is 0.0690. The number of aliphatic imine (C=N–C) groups is 2. The fourth-order valence-corrected chi connectivity index (χ4v) is 3.23. The third kappa shape index (κ3) is 3.83. The molecule has 3 rings (SSSR count). The molecule has 0 aromatic heterocycles. The molecule has 2 aliphatic rings. The first kappa shape index (κ1) is 17.4. The van der Waals surface area contributed by atoms with E-state index < -0.39 is 5.92 Å². The van der Waals surface area contributed by atoms with E-state index in [4.69, 9.17) is 14.6 Å². The molecule has 1 atom stereocenters. The zero-order valence-corrected chi connectivity index (χ0v) is 14.7. The van der Waals surface area contributed by atoms with Gasteiger partial charge in [-0.05, 0) is 17.7 Å². The standard InChI is InChI=1S/C16H18N4O4S/c1-23-11-5-10(6-12(7-11)24-2)9-25-16-18-14-13(15(22)19-16)8-17-20(14)3-4-21/h5-8,13,21H,3-4,9H2,1-2H3. The Hall–Kier alpha value is -2.39. The Bertz CT molecular complexity index is 740. The Morgan fingerprint density at radius 1 is 1.20 bits per heavy atom. The number of aliphatic hydroxyl groups excluding tert-OH is 1. The number of ether oxygens (including phenoxy) is 2. The topological polar surface area (TPSA) is 96.1 Å². The summed E-state index contributed by atoms with van der Waals surface area (Å²) in [5, 5.41) is 15.1. The van der Waals surface area contributed by atoms with Gasteiger partial charge in [0.25, 0.3) is 5.91 Å². The highest BCUT2D eigenvalue weighted by molar-refractivity contribution is 8.13. The van der Waals surface area contributed by atoms with Crippen LogP contribution in [-0.2, 0) is 10.5 Å².